The number of carbonyl (C=O) groups is 2. The van der Waals surface area contributed by atoms with Crippen LogP contribution in [0.15, 0.2) is 54.6 Å². The number of anilines is 1. The van der Waals surface area contributed by atoms with Gasteiger partial charge in [-0.3, -0.25) is 13.9 Å². The van der Waals surface area contributed by atoms with E-state index in [2.05, 4.69) is 0 Å². The minimum atomic E-state index is -3.41. The molecule has 2 amide bonds. The SMILES string of the molecule is CC(C)(N)C(=O)N(COCc1ccccc1)CC(=O)N1CCC2(CC1)CN(S(C)(=O)=O)c1ccccc12. The van der Waals surface area contributed by atoms with Crippen LogP contribution < -0.4 is 10.0 Å². The van der Waals surface area contributed by atoms with Crippen molar-refractivity contribution in [3.63, 3.8) is 0 Å². The van der Waals surface area contributed by atoms with Gasteiger partial charge in [-0.2, -0.15) is 0 Å². The number of amides is 2. The number of sulfonamides is 1. The third-order valence-corrected chi connectivity index (χ3v) is 8.31. The largest absolute Gasteiger partial charge is 0.356 e. The van der Waals surface area contributed by atoms with E-state index in [9.17, 15) is 18.0 Å². The molecule has 2 N–H and O–H groups in total. The molecule has 0 saturated carbocycles. The molecule has 2 aromatic rings. The van der Waals surface area contributed by atoms with Crippen LogP contribution in [0.2, 0.25) is 0 Å². The molecule has 200 valence electrons. The Morgan fingerprint density at radius 2 is 1.68 bits per heavy atom. The average Bonchev–Trinajstić information content (AvgIpc) is 3.18. The van der Waals surface area contributed by atoms with Gasteiger partial charge in [0.15, 0.2) is 0 Å². The lowest BCUT2D eigenvalue weighted by Crippen LogP contribution is -2.55. The zero-order valence-corrected chi connectivity index (χ0v) is 22.5. The summed E-state index contributed by atoms with van der Waals surface area (Å²) in [6, 6.07) is 17.2. The van der Waals surface area contributed by atoms with Crippen molar-refractivity contribution in [1.82, 2.24) is 9.80 Å². The minimum absolute atomic E-state index is 0.0471. The van der Waals surface area contributed by atoms with Crippen LogP contribution in [0.1, 0.15) is 37.8 Å². The number of para-hydroxylation sites is 1. The Kier molecular flexibility index (Phi) is 7.64. The van der Waals surface area contributed by atoms with Crippen molar-refractivity contribution in [2.75, 3.05) is 43.5 Å². The third kappa shape index (κ3) is 5.97. The van der Waals surface area contributed by atoms with Gasteiger partial charge in [-0.25, -0.2) is 8.42 Å². The second-order valence-electron chi connectivity index (χ2n) is 10.6. The molecule has 0 atom stereocenters. The standard InChI is InChI=1S/C27H36N4O5S/c1-26(2,28)25(33)30(20-36-18-21-9-5-4-6-10-21)17-24(32)29-15-13-27(14-16-29)19-31(37(3,34)35)23-12-8-7-11-22(23)27/h4-12H,13-20,28H2,1-3H3. The summed E-state index contributed by atoms with van der Waals surface area (Å²) in [4.78, 5) is 29.4. The summed E-state index contributed by atoms with van der Waals surface area (Å²) in [6.07, 6.45) is 2.51. The lowest BCUT2D eigenvalue weighted by atomic mass is 9.74. The van der Waals surface area contributed by atoms with E-state index in [0.29, 0.717) is 39.1 Å². The number of carbonyl (C=O) groups excluding carboxylic acids is 2. The molecule has 2 aliphatic rings. The molecule has 1 spiro atoms. The highest BCUT2D eigenvalue weighted by atomic mass is 32.2. The first kappa shape index (κ1) is 27.1. The molecule has 9 nitrogen and oxygen atoms in total. The first-order valence-corrected chi connectivity index (χ1v) is 14.3. The lowest BCUT2D eigenvalue weighted by Gasteiger charge is -2.40. The zero-order chi connectivity index (χ0) is 26.8. The summed E-state index contributed by atoms with van der Waals surface area (Å²) in [7, 11) is -3.41. The van der Waals surface area contributed by atoms with E-state index in [4.69, 9.17) is 10.5 Å². The van der Waals surface area contributed by atoms with Crippen LogP contribution in [-0.2, 0) is 36.4 Å². The van der Waals surface area contributed by atoms with Crippen LogP contribution in [0.3, 0.4) is 0 Å². The van der Waals surface area contributed by atoms with Crippen molar-refractivity contribution in [2.45, 2.75) is 44.2 Å². The highest BCUT2D eigenvalue weighted by Gasteiger charge is 2.47. The van der Waals surface area contributed by atoms with Crippen LogP contribution in [-0.4, -0.2) is 74.7 Å². The Hall–Kier alpha value is -2.95. The smallest absolute Gasteiger partial charge is 0.244 e. The summed E-state index contributed by atoms with van der Waals surface area (Å²) in [5.74, 6) is -0.544. The number of rotatable bonds is 8. The quantitative estimate of drug-likeness (QED) is 0.525. The molecule has 0 aliphatic carbocycles. The lowest BCUT2D eigenvalue weighted by molar-refractivity contribution is -0.149. The first-order valence-electron chi connectivity index (χ1n) is 12.5. The topological polar surface area (TPSA) is 113 Å². The number of fused-ring (bicyclic) bond motifs is 2. The monoisotopic (exact) mass is 528 g/mol. The maximum atomic E-state index is 13.3. The number of hydrogen-bond acceptors (Lipinski definition) is 6. The van der Waals surface area contributed by atoms with Gasteiger partial charge in [-0.05, 0) is 43.9 Å². The number of piperidine rings is 1. The highest BCUT2D eigenvalue weighted by molar-refractivity contribution is 7.92. The van der Waals surface area contributed by atoms with Crippen LogP contribution in [0.4, 0.5) is 5.69 Å². The molecule has 37 heavy (non-hydrogen) atoms. The number of likely N-dealkylation sites (tertiary alicyclic amines) is 1. The van der Waals surface area contributed by atoms with Gasteiger partial charge in [0.05, 0.1) is 24.1 Å². The van der Waals surface area contributed by atoms with E-state index in [1.165, 1.54) is 15.5 Å². The van der Waals surface area contributed by atoms with Gasteiger partial charge < -0.3 is 20.3 Å². The van der Waals surface area contributed by atoms with Crippen molar-refractivity contribution >= 4 is 27.5 Å². The van der Waals surface area contributed by atoms with Gasteiger partial charge in [0.1, 0.15) is 13.3 Å². The molecular weight excluding hydrogens is 492 g/mol. The number of hydrogen-bond donors (Lipinski definition) is 1. The van der Waals surface area contributed by atoms with Crippen molar-refractivity contribution in [3.05, 3.63) is 65.7 Å². The van der Waals surface area contributed by atoms with Crippen LogP contribution >= 0.6 is 0 Å². The Balaban J connectivity index is 1.41. The number of nitrogens with zero attached hydrogens (tertiary/aromatic N) is 3. The van der Waals surface area contributed by atoms with Crippen molar-refractivity contribution < 1.29 is 22.7 Å². The third-order valence-electron chi connectivity index (χ3n) is 7.19. The van der Waals surface area contributed by atoms with Gasteiger partial charge in [0.25, 0.3) is 0 Å². The van der Waals surface area contributed by atoms with Crippen LogP contribution in [0, 0.1) is 0 Å². The molecule has 0 radical (unpaired) electrons. The van der Waals surface area contributed by atoms with Crippen LogP contribution in [0.5, 0.6) is 0 Å². The fraction of sp³-hybridized carbons (Fsp3) is 0.481. The van der Waals surface area contributed by atoms with E-state index in [0.717, 1.165) is 16.8 Å². The predicted octanol–water partition coefficient (Wildman–Crippen LogP) is 2.07. The van der Waals surface area contributed by atoms with Gasteiger partial charge in [-0.1, -0.05) is 48.5 Å². The molecule has 4 rings (SSSR count). The first-order chi connectivity index (χ1) is 17.4. The molecular formula is C27H36N4O5S. The van der Waals surface area contributed by atoms with Crippen molar-refractivity contribution in [1.29, 1.82) is 0 Å². The summed E-state index contributed by atoms with van der Waals surface area (Å²) >= 11 is 0. The number of benzene rings is 2. The second kappa shape index (κ2) is 10.4. The minimum Gasteiger partial charge on any atom is -0.356 e. The number of nitrogens with two attached hydrogens (primary N) is 1. The molecule has 2 aromatic carbocycles. The molecule has 2 heterocycles. The van der Waals surface area contributed by atoms with Gasteiger partial charge in [0, 0.05) is 25.0 Å². The maximum Gasteiger partial charge on any atom is 0.244 e. The Morgan fingerprint density at radius 1 is 1.05 bits per heavy atom. The second-order valence-corrected chi connectivity index (χ2v) is 12.5. The molecule has 2 aliphatic heterocycles. The Labute approximate surface area is 219 Å². The van der Waals surface area contributed by atoms with Gasteiger partial charge in [-0.15, -0.1) is 0 Å². The normalized spacial score (nSPS) is 17.1. The fourth-order valence-corrected chi connectivity index (χ4v) is 6.19. The highest BCUT2D eigenvalue weighted by Crippen LogP contribution is 2.47. The van der Waals surface area contributed by atoms with Gasteiger partial charge >= 0.3 is 0 Å². The number of ether oxygens (including phenoxy) is 1. The van der Waals surface area contributed by atoms with Crippen molar-refractivity contribution in [2.24, 2.45) is 5.73 Å². The van der Waals surface area contributed by atoms with E-state index in [1.54, 1.807) is 18.7 Å². The molecule has 1 saturated heterocycles. The van der Waals surface area contributed by atoms with Crippen molar-refractivity contribution in [3.8, 4) is 0 Å². The predicted molar refractivity (Wildman–Crippen MR) is 142 cm³/mol. The summed E-state index contributed by atoms with van der Waals surface area (Å²) in [5.41, 5.74) is 7.29. The zero-order valence-electron chi connectivity index (χ0n) is 21.7. The Morgan fingerprint density at radius 3 is 2.30 bits per heavy atom. The molecule has 10 heteroatoms. The van der Waals surface area contributed by atoms with Gasteiger partial charge in [0.2, 0.25) is 21.8 Å². The molecule has 0 aromatic heterocycles. The van der Waals surface area contributed by atoms with Crippen LogP contribution in [0.25, 0.3) is 0 Å². The Bertz CT molecular complexity index is 1230. The maximum absolute atomic E-state index is 13.3. The summed E-state index contributed by atoms with van der Waals surface area (Å²) in [6.45, 7) is 4.69. The molecule has 0 bridgehead atoms. The summed E-state index contributed by atoms with van der Waals surface area (Å²) < 4.78 is 32.1. The molecule has 1 fully saturated rings. The van der Waals surface area contributed by atoms with E-state index in [1.807, 2.05) is 54.6 Å². The average molecular weight is 529 g/mol. The fourth-order valence-electron chi connectivity index (χ4n) is 5.19. The van der Waals surface area contributed by atoms with E-state index < -0.39 is 15.6 Å². The van der Waals surface area contributed by atoms with E-state index >= 15 is 0 Å². The van der Waals surface area contributed by atoms with E-state index in [-0.39, 0.29) is 30.5 Å². The molecule has 0 unspecified atom stereocenters. The summed E-state index contributed by atoms with van der Waals surface area (Å²) in [5, 5.41) is 0.